The molecule has 0 saturated heterocycles. The molecule has 0 bridgehead atoms. The Labute approximate surface area is 124 Å². The highest BCUT2D eigenvalue weighted by Crippen LogP contribution is 2.08. The number of nitrogens with zero attached hydrogens (tertiary/aromatic N) is 1. The van der Waals surface area contributed by atoms with Crippen LogP contribution in [0.3, 0.4) is 0 Å². The number of hydrogen-bond donors (Lipinski definition) is 3. The summed E-state index contributed by atoms with van der Waals surface area (Å²) in [6, 6.07) is 7.26. The largest absolute Gasteiger partial charge is 0.327 e. The Hall–Kier alpha value is -2.34. The molecule has 1 aromatic carbocycles. The zero-order chi connectivity index (χ0) is 15.2. The van der Waals surface area contributed by atoms with E-state index < -0.39 is 11.8 Å². The molecular weight excluding hydrogens is 268 g/mol. The van der Waals surface area contributed by atoms with Crippen molar-refractivity contribution in [3.05, 3.63) is 41.6 Å². The summed E-state index contributed by atoms with van der Waals surface area (Å²) < 4.78 is 0. The highest BCUT2D eigenvalue weighted by molar-refractivity contribution is 6.39. The van der Waals surface area contributed by atoms with Crippen molar-refractivity contribution >= 4 is 17.5 Å². The average molecular weight is 288 g/mol. The molecule has 0 aliphatic carbocycles. The third-order valence-electron chi connectivity index (χ3n) is 3.26. The van der Waals surface area contributed by atoms with Gasteiger partial charge in [-0.1, -0.05) is 17.7 Å². The number of anilines is 1. The van der Waals surface area contributed by atoms with Gasteiger partial charge in [0.05, 0.1) is 0 Å². The molecule has 0 fully saturated rings. The minimum atomic E-state index is -0.713. The van der Waals surface area contributed by atoms with Crippen molar-refractivity contribution in [1.29, 1.82) is 0 Å². The molecule has 0 aromatic heterocycles. The number of amides is 2. The molecule has 0 unspecified atom stereocenters. The molecule has 0 radical (unpaired) electrons. The van der Waals surface area contributed by atoms with Crippen LogP contribution < -0.4 is 16.2 Å². The second kappa shape index (κ2) is 6.90. The van der Waals surface area contributed by atoms with Gasteiger partial charge in [-0.25, -0.2) is 0 Å². The number of hydrazine groups is 1. The lowest BCUT2D eigenvalue weighted by Crippen LogP contribution is -2.44. The van der Waals surface area contributed by atoms with Crippen LogP contribution >= 0.6 is 0 Å². The lowest BCUT2D eigenvalue weighted by Gasteiger charge is -2.22. The summed E-state index contributed by atoms with van der Waals surface area (Å²) in [7, 11) is 2.03. The Morgan fingerprint density at radius 2 is 1.86 bits per heavy atom. The molecular formula is C15H20N4O2. The van der Waals surface area contributed by atoms with Gasteiger partial charge < -0.3 is 15.6 Å². The molecule has 1 heterocycles. The first-order valence-electron chi connectivity index (χ1n) is 6.86. The summed E-state index contributed by atoms with van der Waals surface area (Å²) in [6.45, 7) is 3.70. The fourth-order valence-electron chi connectivity index (χ4n) is 1.90. The predicted octanol–water partition coefficient (Wildman–Crippen LogP) is 0.774. The van der Waals surface area contributed by atoms with E-state index in [9.17, 15) is 9.59 Å². The van der Waals surface area contributed by atoms with Crippen LogP contribution in [0, 0.1) is 6.92 Å². The maximum atomic E-state index is 11.7. The third kappa shape index (κ3) is 4.61. The molecule has 0 spiro atoms. The van der Waals surface area contributed by atoms with Crippen molar-refractivity contribution in [1.82, 2.24) is 15.8 Å². The highest BCUT2D eigenvalue weighted by atomic mass is 16.2. The molecule has 112 valence electrons. The quantitative estimate of drug-likeness (QED) is 0.567. The zero-order valence-electron chi connectivity index (χ0n) is 12.3. The van der Waals surface area contributed by atoms with Crippen LogP contribution in [-0.2, 0) is 9.59 Å². The summed E-state index contributed by atoms with van der Waals surface area (Å²) >= 11 is 0. The monoisotopic (exact) mass is 288 g/mol. The van der Waals surface area contributed by atoms with Crippen molar-refractivity contribution in [2.24, 2.45) is 0 Å². The van der Waals surface area contributed by atoms with Crippen LogP contribution in [0.15, 0.2) is 36.0 Å². The van der Waals surface area contributed by atoms with Crippen LogP contribution in [0.5, 0.6) is 0 Å². The number of nitrogens with one attached hydrogen (secondary N) is 3. The summed E-state index contributed by atoms with van der Waals surface area (Å²) in [5, 5.41) is 2.55. The number of carbonyl (C=O) groups excluding carboxylic acids is 2. The number of hydrogen-bond acceptors (Lipinski definition) is 4. The van der Waals surface area contributed by atoms with Crippen molar-refractivity contribution in [3.63, 3.8) is 0 Å². The smallest absolute Gasteiger partial charge is 0.318 e. The van der Waals surface area contributed by atoms with E-state index in [4.69, 9.17) is 0 Å². The molecule has 21 heavy (non-hydrogen) atoms. The molecule has 3 N–H and O–H groups in total. The van der Waals surface area contributed by atoms with E-state index >= 15 is 0 Å². The number of carbonyl (C=O) groups is 2. The Morgan fingerprint density at radius 1 is 1.14 bits per heavy atom. The molecule has 2 amide bonds. The minimum absolute atomic E-state index is 0.597. The van der Waals surface area contributed by atoms with Crippen LogP contribution in [0.4, 0.5) is 5.69 Å². The van der Waals surface area contributed by atoms with Gasteiger partial charge >= 0.3 is 11.8 Å². The van der Waals surface area contributed by atoms with Gasteiger partial charge in [-0.2, -0.15) is 0 Å². The minimum Gasteiger partial charge on any atom is -0.318 e. The van der Waals surface area contributed by atoms with Crippen LogP contribution in [0.2, 0.25) is 0 Å². The lowest BCUT2D eigenvalue weighted by molar-refractivity contribution is -0.136. The Morgan fingerprint density at radius 3 is 2.48 bits per heavy atom. The normalized spacial score (nSPS) is 15.0. The third-order valence-corrected chi connectivity index (χ3v) is 3.26. The average Bonchev–Trinajstić information content (AvgIpc) is 2.48. The first-order chi connectivity index (χ1) is 10.0. The van der Waals surface area contributed by atoms with Crippen molar-refractivity contribution in [3.8, 4) is 0 Å². The van der Waals surface area contributed by atoms with E-state index in [1.165, 1.54) is 0 Å². The Kier molecular flexibility index (Phi) is 4.94. The number of aryl methyl sites for hydroxylation is 1. The molecule has 1 aliphatic heterocycles. The Bertz CT molecular complexity index is 551. The van der Waals surface area contributed by atoms with E-state index in [0.29, 0.717) is 5.69 Å². The first kappa shape index (κ1) is 15.1. The standard InChI is InChI=1S/C15H20N4O2/c1-11-3-5-12(6-4-11)16-14(20)15(21)18-17-13-7-9-19(2)10-8-13/h3-7,17H,8-10H2,1-2H3,(H,16,20)(H,18,21). The summed E-state index contributed by atoms with van der Waals surface area (Å²) in [6.07, 6.45) is 2.80. The van der Waals surface area contributed by atoms with Gasteiger partial charge in [0.25, 0.3) is 0 Å². The van der Waals surface area contributed by atoms with Crippen molar-refractivity contribution in [2.45, 2.75) is 13.3 Å². The topological polar surface area (TPSA) is 73.5 Å². The number of rotatable bonds is 3. The van der Waals surface area contributed by atoms with Gasteiger partial charge in [0, 0.05) is 30.9 Å². The zero-order valence-corrected chi connectivity index (χ0v) is 12.3. The maximum Gasteiger partial charge on any atom is 0.327 e. The SMILES string of the molecule is Cc1ccc(NC(=O)C(=O)NNC2=CCN(C)CC2)cc1. The van der Waals surface area contributed by atoms with Gasteiger partial charge in [-0.05, 0) is 32.2 Å². The Balaban J connectivity index is 1.80. The van der Waals surface area contributed by atoms with Gasteiger partial charge in [-0.15, -0.1) is 0 Å². The van der Waals surface area contributed by atoms with E-state index in [0.717, 1.165) is 30.8 Å². The first-order valence-corrected chi connectivity index (χ1v) is 6.86. The van der Waals surface area contributed by atoms with Gasteiger partial charge in [0.1, 0.15) is 0 Å². The van der Waals surface area contributed by atoms with E-state index in [1.54, 1.807) is 12.1 Å². The van der Waals surface area contributed by atoms with Gasteiger partial charge in [0.2, 0.25) is 0 Å². The van der Waals surface area contributed by atoms with Crippen LogP contribution in [0.25, 0.3) is 0 Å². The number of likely N-dealkylation sites (N-methyl/N-ethyl adjacent to an activating group) is 1. The molecule has 6 heteroatoms. The van der Waals surface area contributed by atoms with E-state index in [2.05, 4.69) is 21.1 Å². The molecule has 1 aromatic rings. The fourth-order valence-corrected chi connectivity index (χ4v) is 1.90. The number of benzene rings is 1. The van der Waals surface area contributed by atoms with Crippen molar-refractivity contribution in [2.75, 3.05) is 25.5 Å². The highest BCUT2D eigenvalue weighted by Gasteiger charge is 2.14. The molecule has 6 nitrogen and oxygen atoms in total. The fraction of sp³-hybridized carbons (Fsp3) is 0.333. The van der Waals surface area contributed by atoms with Gasteiger partial charge in [0.15, 0.2) is 0 Å². The molecule has 2 rings (SSSR count). The maximum absolute atomic E-state index is 11.7. The van der Waals surface area contributed by atoms with Gasteiger partial charge in [-0.3, -0.25) is 15.0 Å². The molecule has 0 saturated carbocycles. The van der Waals surface area contributed by atoms with E-state index in [-0.39, 0.29) is 0 Å². The van der Waals surface area contributed by atoms with Crippen molar-refractivity contribution < 1.29 is 9.59 Å². The second-order valence-electron chi connectivity index (χ2n) is 5.14. The second-order valence-corrected chi connectivity index (χ2v) is 5.14. The van der Waals surface area contributed by atoms with E-state index in [1.807, 2.05) is 32.2 Å². The summed E-state index contributed by atoms with van der Waals surface area (Å²) in [5.41, 5.74) is 7.81. The predicted molar refractivity (Wildman–Crippen MR) is 81.3 cm³/mol. The molecule has 0 atom stereocenters. The van der Waals surface area contributed by atoms with Crippen LogP contribution in [-0.4, -0.2) is 36.9 Å². The van der Waals surface area contributed by atoms with Crippen LogP contribution in [0.1, 0.15) is 12.0 Å². The summed E-state index contributed by atoms with van der Waals surface area (Å²) in [5.74, 6) is -1.41. The summed E-state index contributed by atoms with van der Waals surface area (Å²) in [4.78, 5) is 25.6. The molecule has 1 aliphatic rings. The lowest BCUT2D eigenvalue weighted by atomic mass is 10.2.